The molecule has 1 saturated heterocycles. The number of aldehydes is 1. The van der Waals surface area contributed by atoms with Gasteiger partial charge in [-0.2, -0.15) is 0 Å². The molecular formula is C24H32N2O8. The van der Waals surface area contributed by atoms with Crippen molar-refractivity contribution in [3.05, 3.63) is 28.2 Å². The Balaban J connectivity index is 2.81. The van der Waals surface area contributed by atoms with E-state index in [-0.39, 0.29) is 48.6 Å². The molecule has 0 unspecified atom stereocenters. The summed E-state index contributed by atoms with van der Waals surface area (Å²) in [6, 6.07) is 0. The summed E-state index contributed by atoms with van der Waals surface area (Å²) < 4.78 is 15.1. The average molecular weight is 477 g/mol. The van der Waals surface area contributed by atoms with Crippen molar-refractivity contribution in [3.63, 3.8) is 0 Å². The third-order valence-corrected chi connectivity index (χ3v) is 5.38. The van der Waals surface area contributed by atoms with Gasteiger partial charge in [0.25, 0.3) is 0 Å². The molecule has 1 amide bonds. The molecule has 0 aromatic carbocycles. The molecule has 2 N–H and O–H groups in total. The molecule has 1 aromatic heterocycles. The number of carbonyl (C=O) groups is 5. The number of aromatic nitrogens is 1. The van der Waals surface area contributed by atoms with E-state index in [4.69, 9.17) is 14.2 Å². The molecule has 34 heavy (non-hydrogen) atoms. The van der Waals surface area contributed by atoms with Crippen LogP contribution >= 0.6 is 0 Å². The summed E-state index contributed by atoms with van der Waals surface area (Å²) >= 11 is 0. The van der Waals surface area contributed by atoms with E-state index >= 15 is 0 Å². The van der Waals surface area contributed by atoms with E-state index in [0.717, 1.165) is 0 Å². The highest BCUT2D eigenvalue weighted by Crippen LogP contribution is 2.39. The molecule has 0 aliphatic carbocycles. The Morgan fingerprint density at radius 1 is 1.03 bits per heavy atom. The zero-order valence-electron chi connectivity index (χ0n) is 20.7. The van der Waals surface area contributed by atoms with Crippen LogP contribution in [-0.4, -0.2) is 54.9 Å². The minimum Gasteiger partial charge on any atom is -0.469 e. The van der Waals surface area contributed by atoms with Gasteiger partial charge >= 0.3 is 17.9 Å². The number of rotatable bonds is 8. The highest BCUT2D eigenvalue weighted by atomic mass is 16.6. The van der Waals surface area contributed by atoms with Crippen molar-refractivity contribution in [2.75, 3.05) is 14.2 Å². The van der Waals surface area contributed by atoms with Crippen LogP contribution in [0, 0.1) is 5.41 Å². The highest BCUT2D eigenvalue weighted by Gasteiger charge is 2.38. The SMILES string of the molecule is COC(=O)CCc1c(C(=O)OC(C)(C)C)[nH]c(/C(C=O)=C2\NC(=O)CC2(C)C)c1CC(=O)OC. The van der Waals surface area contributed by atoms with Gasteiger partial charge in [-0.3, -0.25) is 19.2 Å². The van der Waals surface area contributed by atoms with Gasteiger partial charge in [-0.05, 0) is 38.3 Å². The van der Waals surface area contributed by atoms with E-state index in [1.807, 2.05) is 0 Å². The van der Waals surface area contributed by atoms with E-state index in [2.05, 4.69) is 10.3 Å². The van der Waals surface area contributed by atoms with Crippen molar-refractivity contribution in [1.29, 1.82) is 0 Å². The minimum absolute atomic E-state index is 0.00908. The number of esters is 3. The second kappa shape index (κ2) is 10.2. The van der Waals surface area contributed by atoms with E-state index in [1.54, 1.807) is 34.6 Å². The number of ether oxygens (including phenoxy) is 3. The summed E-state index contributed by atoms with van der Waals surface area (Å²) in [5.41, 5.74) is -0.192. The van der Waals surface area contributed by atoms with Crippen LogP contribution in [0.15, 0.2) is 5.70 Å². The number of methoxy groups -OCH3 is 2. The quantitative estimate of drug-likeness (QED) is 0.252. The van der Waals surface area contributed by atoms with Crippen molar-refractivity contribution in [2.24, 2.45) is 5.41 Å². The van der Waals surface area contributed by atoms with Gasteiger partial charge in [-0.1, -0.05) is 13.8 Å². The fourth-order valence-electron chi connectivity index (χ4n) is 3.84. The number of carbonyl (C=O) groups excluding carboxylic acids is 5. The van der Waals surface area contributed by atoms with Gasteiger partial charge in [0.05, 0.1) is 31.9 Å². The molecule has 186 valence electrons. The minimum atomic E-state index is -0.822. The van der Waals surface area contributed by atoms with Crippen LogP contribution in [0.1, 0.15) is 74.8 Å². The molecule has 1 aromatic rings. The van der Waals surface area contributed by atoms with Crippen LogP contribution in [0.25, 0.3) is 5.57 Å². The van der Waals surface area contributed by atoms with Crippen LogP contribution in [0.2, 0.25) is 0 Å². The zero-order valence-corrected chi connectivity index (χ0v) is 20.7. The summed E-state index contributed by atoms with van der Waals surface area (Å²) in [7, 11) is 2.46. The van der Waals surface area contributed by atoms with Gasteiger partial charge in [-0.25, -0.2) is 4.79 Å². The van der Waals surface area contributed by atoms with E-state index in [1.165, 1.54) is 14.2 Å². The van der Waals surface area contributed by atoms with Gasteiger partial charge in [0, 0.05) is 24.0 Å². The highest BCUT2D eigenvalue weighted by molar-refractivity contribution is 6.11. The molecule has 1 aliphatic heterocycles. The number of aromatic amines is 1. The standard InChI is InChI=1S/C24H32N2O8/c1-23(2,3)34-22(31)20-13(8-9-17(29)32-6)14(10-18(30)33-7)19(26-20)15(12-27)21-24(4,5)11-16(28)25-21/h12,26H,8-11H2,1-7H3,(H,25,28)/b21-15-. The number of amides is 1. The summed E-state index contributed by atoms with van der Waals surface area (Å²) in [5, 5.41) is 2.73. The Labute approximate surface area is 198 Å². The monoisotopic (exact) mass is 476 g/mol. The Morgan fingerprint density at radius 2 is 1.65 bits per heavy atom. The molecule has 0 spiro atoms. The van der Waals surface area contributed by atoms with Gasteiger partial charge in [0.15, 0.2) is 6.29 Å². The Hall–Kier alpha value is -3.43. The first-order valence-electron chi connectivity index (χ1n) is 10.8. The maximum absolute atomic E-state index is 13.1. The second-order valence-electron chi connectivity index (χ2n) is 9.68. The van der Waals surface area contributed by atoms with Gasteiger partial charge in [-0.15, -0.1) is 0 Å². The van der Waals surface area contributed by atoms with Gasteiger partial charge in [0.1, 0.15) is 11.3 Å². The summed E-state index contributed by atoms with van der Waals surface area (Å²) in [5.74, 6) is -2.09. The maximum atomic E-state index is 13.1. The van der Waals surface area contributed by atoms with E-state index in [0.29, 0.717) is 23.1 Å². The first-order valence-corrected chi connectivity index (χ1v) is 10.8. The number of H-pyrrole nitrogens is 1. The van der Waals surface area contributed by atoms with Crippen molar-refractivity contribution in [2.45, 2.75) is 65.9 Å². The molecule has 1 aliphatic rings. The lowest BCUT2D eigenvalue weighted by Gasteiger charge is -2.20. The third kappa shape index (κ3) is 6.12. The molecule has 0 atom stereocenters. The number of hydrogen-bond donors (Lipinski definition) is 2. The molecule has 10 nitrogen and oxygen atoms in total. The Bertz CT molecular complexity index is 1040. The first kappa shape index (κ1) is 26.8. The molecule has 10 heteroatoms. The maximum Gasteiger partial charge on any atom is 0.355 e. The number of hydrogen-bond acceptors (Lipinski definition) is 8. The third-order valence-electron chi connectivity index (χ3n) is 5.38. The van der Waals surface area contributed by atoms with Crippen molar-refractivity contribution in [3.8, 4) is 0 Å². The van der Waals surface area contributed by atoms with Gasteiger partial charge in [0.2, 0.25) is 5.91 Å². The lowest BCUT2D eigenvalue weighted by atomic mass is 9.85. The zero-order chi connectivity index (χ0) is 25.8. The predicted molar refractivity (Wildman–Crippen MR) is 122 cm³/mol. The molecule has 0 saturated carbocycles. The van der Waals surface area contributed by atoms with Crippen molar-refractivity contribution in [1.82, 2.24) is 10.3 Å². The molecule has 0 bridgehead atoms. The fraction of sp³-hybridized carbons (Fsp3) is 0.542. The molecule has 2 rings (SSSR count). The summed E-state index contributed by atoms with van der Waals surface area (Å²) in [6.45, 7) is 8.72. The van der Waals surface area contributed by atoms with Crippen LogP contribution in [-0.2, 0) is 46.2 Å². The van der Waals surface area contributed by atoms with Crippen molar-refractivity contribution < 1.29 is 38.2 Å². The Kier molecular flexibility index (Phi) is 8.07. The average Bonchev–Trinajstić information content (AvgIpc) is 3.21. The normalized spacial score (nSPS) is 16.5. The van der Waals surface area contributed by atoms with Crippen LogP contribution in [0.3, 0.4) is 0 Å². The van der Waals surface area contributed by atoms with E-state index in [9.17, 15) is 24.0 Å². The summed E-state index contributed by atoms with van der Waals surface area (Å²) in [6.07, 6.45) is 0.425. The number of allylic oxidation sites excluding steroid dienone is 2. The Morgan fingerprint density at radius 3 is 2.12 bits per heavy atom. The van der Waals surface area contributed by atoms with E-state index < -0.39 is 28.9 Å². The first-order chi connectivity index (χ1) is 15.7. The molecular weight excluding hydrogens is 444 g/mol. The van der Waals surface area contributed by atoms with Gasteiger partial charge < -0.3 is 24.5 Å². The predicted octanol–water partition coefficient (Wildman–Crippen LogP) is 2.25. The number of nitrogens with one attached hydrogen (secondary N) is 2. The van der Waals surface area contributed by atoms with Crippen LogP contribution in [0.5, 0.6) is 0 Å². The largest absolute Gasteiger partial charge is 0.469 e. The molecule has 0 radical (unpaired) electrons. The van der Waals surface area contributed by atoms with Crippen LogP contribution in [0.4, 0.5) is 0 Å². The fourth-order valence-corrected chi connectivity index (χ4v) is 3.84. The lowest BCUT2D eigenvalue weighted by molar-refractivity contribution is -0.141. The smallest absolute Gasteiger partial charge is 0.355 e. The lowest BCUT2D eigenvalue weighted by Crippen LogP contribution is -2.25. The van der Waals surface area contributed by atoms with Crippen LogP contribution < -0.4 is 5.32 Å². The summed E-state index contributed by atoms with van der Waals surface area (Å²) in [4.78, 5) is 64.6. The molecule has 2 heterocycles. The second-order valence-corrected chi connectivity index (χ2v) is 9.68. The van der Waals surface area contributed by atoms with Crippen molar-refractivity contribution >= 4 is 35.7 Å². The molecule has 1 fully saturated rings. The topological polar surface area (TPSA) is 141 Å².